The van der Waals surface area contributed by atoms with Gasteiger partial charge in [0, 0.05) is 18.0 Å². The summed E-state index contributed by atoms with van der Waals surface area (Å²) in [6.07, 6.45) is 4.63. The molecule has 0 bridgehead atoms. The highest BCUT2D eigenvalue weighted by Crippen LogP contribution is 2.36. The van der Waals surface area contributed by atoms with Crippen molar-refractivity contribution in [3.05, 3.63) is 59.9 Å². The summed E-state index contributed by atoms with van der Waals surface area (Å²) >= 11 is 1.77. The molecule has 2 heterocycles. The maximum Gasteiger partial charge on any atom is 0.0936 e. The molecule has 0 aliphatic carbocycles. The Morgan fingerprint density at radius 1 is 0.947 bits per heavy atom. The van der Waals surface area contributed by atoms with E-state index in [1.807, 2.05) is 30.6 Å². The van der Waals surface area contributed by atoms with Gasteiger partial charge in [-0.3, -0.25) is 4.98 Å². The van der Waals surface area contributed by atoms with Crippen LogP contribution in [-0.4, -0.2) is 9.97 Å². The van der Waals surface area contributed by atoms with Gasteiger partial charge in [0.1, 0.15) is 0 Å². The van der Waals surface area contributed by atoms with Crippen LogP contribution in [0.25, 0.3) is 21.7 Å². The fraction of sp³-hybridized carbons (Fsp3) is 0.125. The molecule has 94 valence electrons. The highest BCUT2D eigenvalue weighted by Gasteiger charge is 2.13. The fourth-order valence-corrected chi connectivity index (χ4v) is 3.04. The second-order valence-electron chi connectivity index (χ2n) is 4.24. The molecule has 19 heavy (non-hydrogen) atoms. The lowest BCUT2D eigenvalue weighted by atomic mass is 10.1. The molecule has 0 aliphatic rings. The lowest BCUT2D eigenvalue weighted by Crippen LogP contribution is -1.83. The predicted molar refractivity (Wildman–Crippen MR) is 80.2 cm³/mol. The molecular weight excluding hydrogens is 252 g/mol. The van der Waals surface area contributed by atoms with Crippen molar-refractivity contribution in [2.24, 2.45) is 0 Å². The van der Waals surface area contributed by atoms with Crippen LogP contribution in [0.3, 0.4) is 0 Å². The van der Waals surface area contributed by atoms with Crippen molar-refractivity contribution in [2.45, 2.75) is 13.3 Å². The minimum Gasteiger partial charge on any atom is -0.265 e. The molecule has 1 aromatic carbocycles. The lowest BCUT2D eigenvalue weighted by Gasteiger charge is -2.02. The van der Waals surface area contributed by atoms with E-state index in [4.69, 9.17) is 4.98 Å². The highest BCUT2D eigenvalue weighted by molar-refractivity contribution is 7.15. The monoisotopic (exact) mass is 266 g/mol. The largest absolute Gasteiger partial charge is 0.265 e. The molecule has 2 aromatic heterocycles. The summed E-state index contributed by atoms with van der Waals surface area (Å²) in [5.74, 6) is 0. The molecule has 0 unspecified atom stereocenters. The SMILES string of the molecule is CCc1nc(-c2ccccc2)c(-c2ccncc2)s1. The molecule has 0 fully saturated rings. The number of aromatic nitrogens is 2. The van der Waals surface area contributed by atoms with Crippen molar-refractivity contribution < 1.29 is 0 Å². The van der Waals surface area contributed by atoms with E-state index in [0.29, 0.717) is 0 Å². The van der Waals surface area contributed by atoms with Crippen LogP contribution in [0.2, 0.25) is 0 Å². The Bertz CT molecular complexity index is 603. The van der Waals surface area contributed by atoms with Gasteiger partial charge >= 0.3 is 0 Å². The number of thiazole rings is 1. The molecule has 3 heteroatoms. The van der Waals surface area contributed by atoms with Crippen LogP contribution in [0.15, 0.2) is 54.9 Å². The molecule has 0 saturated carbocycles. The third-order valence-electron chi connectivity index (χ3n) is 2.96. The molecule has 0 radical (unpaired) electrons. The van der Waals surface area contributed by atoms with Gasteiger partial charge in [0.2, 0.25) is 0 Å². The van der Waals surface area contributed by atoms with Crippen molar-refractivity contribution in [2.75, 3.05) is 0 Å². The van der Waals surface area contributed by atoms with Gasteiger partial charge in [-0.2, -0.15) is 0 Å². The Labute approximate surface area is 116 Å². The van der Waals surface area contributed by atoms with E-state index in [9.17, 15) is 0 Å². The molecule has 2 nitrogen and oxygen atoms in total. The molecule has 3 rings (SSSR count). The summed E-state index contributed by atoms with van der Waals surface area (Å²) in [6.45, 7) is 2.14. The third kappa shape index (κ3) is 2.42. The fourth-order valence-electron chi connectivity index (χ4n) is 2.01. The smallest absolute Gasteiger partial charge is 0.0936 e. The van der Waals surface area contributed by atoms with Gasteiger partial charge in [0.15, 0.2) is 0 Å². The quantitative estimate of drug-likeness (QED) is 0.700. The van der Waals surface area contributed by atoms with E-state index in [2.05, 4.69) is 36.2 Å². The van der Waals surface area contributed by atoms with Gasteiger partial charge in [-0.05, 0) is 24.1 Å². The minimum absolute atomic E-state index is 0.968. The van der Waals surface area contributed by atoms with Crippen molar-refractivity contribution in [3.8, 4) is 21.7 Å². The Morgan fingerprint density at radius 3 is 2.37 bits per heavy atom. The van der Waals surface area contributed by atoms with E-state index in [-0.39, 0.29) is 0 Å². The molecule has 0 aliphatic heterocycles. The normalized spacial score (nSPS) is 10.6. The van der Waals surface area contributed by atoms with E-state index in [1.165, 1.54) is 21.0 Å². The summed E-state index contributed by atoms with van der Waals surface area (Å²) in [6, 6.07) is 14.4. The Morgan fingerprint density at radius 2 is 1.68 bits per heavy atom. The van der Waals surface area contributed by atoms with Gasteiger partial charge < -0.3 is 0 Å². The van der Waals surface area contributed by atoms with Crippen molar-refractivity contribution >= 4 is 11.3 Å². The first-order valence-corrected chi connectivity index (χ1v) is 7.15. The van der Waals surface area contributed by atoms with Crippen LogP contribution >= 0.6 is 11.3 Å². The van der Waals surface area contributed by atoms with Gasteiger partial charge in [-0.15, -0.1) is 11.3 Å². The summed E-state index contributed by atoms with van der Waals surface area (Å²) in [5.41, 5.74) is 3.44. The first-order valence-electron chi connectivity index (χ1n) is 6.34. The Hall–Kier alpha value is -2.00. The molecule has 0 saturated heterocycles. The van der Waals surface area contributed by atoms with E-state index < -0.39 is 0 Å². The Balaban J connectivity index is 2.17. The van der Waals surface area contributed by atoms with Crippen molar-refractivity contribution in [1.29, 1.82) is 0 Å². The molecular formula is C16H14N2S. The average molecular weight is 266 g/mol. The average Bonchev–Trinajstić information content (AvgIpc) is 2.93. The first kappa shape index (κ1) is 12.1. The summed E-state index contributed by atoms with van der Waals surface area (Å²) in [5, 5.41) is 1.17. The summed E-state index contributed by atoms with van der Waals surface area (Å²) in [7, 11) is 0. The second-order valence-corrected chi connectivity index (χ2v) is 5.32. The molecule has 0 N–H and O–H groups in total. The zero-order valence-electron chi connectivity index (χ0n) is 10.7. The topological polar surface area (TPSA) is 25.8 Å². The van der Waals surface area contributed by atoms with Crippen molar-refractivity contribution in [3.63, 3.8) is 0 Å². The van der Waals surface area contributed by atoms with Crippen LogP contribution in [0.1, 0.15) is 11.9 Å². The number of benzene rings is 1. The first-order chi connectivity index (χ1) is 9.38. The maximum atomic E-state index is 4.77. The van der Waals surface area contributed by atoms with Crippen LogP contribution in [0, 0.1) is 0 Å². The molecule has 0 spiro atoms. The molecule has 3 aromatic rings. The number of rotatable bonds is 3. The number of hydrogen-bond donors (Lipinski definition) is 0. The summed E-state index contributed by atoms with van der Waals surface area (Å²) < 4.78 is 0. The van der Waals surface area contributed by atoms with Crippen molar-refractivity contribution in [1.82, 2.24) is 9.97 Å². The van der Waals surface area contributed by atoms with Crippen LogP contribution < -0.4 is 0 Å². The van der Waals surface area contributed by atoms with Gasteiger partial charge in [-0.25, -0.2) is 4.98 Å². The zero-order chi connectivity index (χ0) is 13.1. The second kappa shape index (κ2) is 5.33. The highest BCUT2D eigenvalue weighted by atomic mass is 32.1. The van der Waals surface area contributed by atoms with Crippen LogP contribution in [0.4, 0.5) is 0 Å². The van der Waals surface area contributed by atoms with Crippen LogP contribution in [-0.2, 0) is 6.42 Å². The number of nitrogens with zero attached hydrogens (tertiary/aromatic N) is 2. The molecule has 0 atom stereocenters. The predicted octanol–water partition coefficient (Wildman–Crippen LogP) is 4.43. The molecule has 0 amide bonds. The minimum atomic E-state index is 0.968. The standard InChI is InChI=1S/C16H14N2S/c1-2-14-18-15(12-6-4-3-5-7-12)16(19-14)13-8-10-17-11-9-13/h3-11H,2H2,1H3. The van der Waals surface area contributed by atoms with Gasteiger partial charge in [-0.1, -0.05) is 37.3 Å². The summed E-state index contributed by atoms with van der Waals surface area (Å²) in [4.78, 5) is 10.1. The van der Waals surface area contributed by atoms with Crippen LogP contribution in [0.5, 0.6) is 0 Å². The zero-order valence-corrected chi connectivity index (χ0v) is 11.5. The maximum absolute atomic E-state index is 4.77. The third-order valence-corrected chi connectivity index (χ3v) is 4.21. The van der Waals surface area contributed by atoms with E-state index >= 15 is 0 Å². The van der Waals surface area contributed by atoms with Gasteiger partial charge in [0.05, 0.1) is 15.6 Å². The number of hydrogen-bond acceptors (Lipinski definition) is 3. The lowest BCUT2D eigenvalue weighted by molar-refractivity contribution is 1.10. The Kier molecular flexibility index (Phi) is 3.38. The van der Waals surface area contributed by atoms with Gasteiger partial charge in [0.25, 0.3) is 0 Å². The number of pyridine rings is 1. The van der Waals surface area contributed by atoms with E-state index in [1.54, 1.807) is 11.3 Å². The van der Waals surface area contributed by atoms with E-state index in [0.717, 1.165) is 12.1 Å². The number of aryl methyl sites for hydroxylation is 1.